The summed E-state index contributed by atoms with van der Waals surface area (Å²) in [6.07, 6.45) is 6.37. The average Bonchev–Trinajstić information content (AvgIpc) is 3.34. The van der Waals surface area contributed by atoms with E-state index in [1.54, 1.807) is 23.1 Å². The van der Waals surface area contributed by atoms with Gasteiger partial charge in [0.1, 0.15) is 23.3 Å². The number of rotatable bonds is 8. The molecule has 31 heavy (non-hydrogen) atoms. The van der Waals surface area contributed by atoms with Crippen molar-refractivity contribution in [2.75, 3.05) is 23.7 Å². The maximum atomic E-state index is 13.8. The molecule has 3 aromatic rings. The van der Waals surface area contributed by atoms with Crippen molar-refractivity contribution < 1.29 is 18.0 Å². The topological polar surface area (TPSA) is 88.0 Å². The molecular formula is C20H20F3N7O. The van der Waals surface area contributed by atoms with Crippen LogP contribution in [0, 0.1) is 17.5 Å². The Balaban J connectivity index is 1.35. The van der Waals surface area contributed by atoms with Gasteiger partial charge in [0, 0.05) is 56.1 Å². The highest BCUT2D eigenvalue weighted by Crippen LogP contribution is 2.18. The largest absolute Gasteiger partial charge is 0.366 e. The van der Waals surface area contributed by atoms with Gasteiger partial charge in [-0.25, -0.2) is 18.2 Å². The summed E-state index contributed by atoms with van der Waals surface area (Å²) < 4.78 is 42.3. The lowest BCUT2D eigenvalue weighted by Crippen LogP contribution is -2.28. The van der Waals surface area contributed by atoms with E-state index >= 15 is 0 Å². The Kier molecular flexibility index (Phi) is 6.01. The second-order valence-corrected chi connectivity index (χ2v) is 7.07. The van der Waals surface area contributed by atoms with E-state index in [1.165, 1.54) is 6.20 Å². The van der Waals surface area contributed by atoms with Gasteiger partial charge in [-0.2, -0.15) is 10.1 Å². The quantitative estimate of drug-likeness (QED) is 0.570. The summed E-state index contributed by atoms with van der Waals surface area (Å²) in [6.45, 7) is 1.75. The zero-order valence-electron chi connectivity index (χ0n) is 16.5. The molecule has 1 fully saturated rings. The summed E-state index contributed by atoms with van der Waals surface area (Å²) in [4.78, 5) is 21.9. The summed E-state index contributed by atoms with van der Waals surface area (Å²) in [5.74, 6) is -2.15. The van der Waals surface area contributed by atoms with Gasteiger partial charge in [-0.05, 0) is 12.5 Å². The minimum Gasteiger partial charge on any atom is -0.366 e. The van der Waals surface area contributed by atoms with E-state index in [9.17, 15) is 18.0 Å². The molecule has 11 heteroatoms. The third-order valence-corrected chi connectivity index (χ3v) is 4.87. The van der Waals surface area contributed by atoms with Crippen molar-refractivity contribution >= 4 is 23.4 Å². The predicted molar refractivity (Wildman–Crippen MR) is 107 cm³/mol. The molecule has 0 atom stereocenters. The third kappa shape index (κ3) is 5.11. The SMILES string of the molecule is O=C1CCCN1CCn1cc(Nc2nccc(NCc3c(F)cc(F)cc3F)n2)cn1. The van der Waals surface area contributed by atoms with E-state index in [-0.39, 0.29) is 24.0 Å². The molecule has 0 radical (unpaired) electrons. The standard InChI is InChI=1S/C20H20F3N7O/c21-13-8-16(22)15(17(23)9-13)11-25-18-3-4-24-20(28-18)27-14-10-26-30(12-14)7-6-29-5-1-2-19(29)31/h3-4,8-10,12H,1-2,5-7,11H2,(H2,24,25,27,28). The van der Waals surface area contributed by atoms with Gasteiger partial charge in [0.05, 0.1) is 18.4 Å². The number of likely N-dealkylation sites (tertiary alicyclic amines) is 1. The molecule has 2 N–H and O–H groups in total. The van der Waals surface area contributed by atoms with Gasteiger partial charge in [0.15, 0.2) is 0 Å². The Morgan fingerprint density at radius 1 is 1.13 bits per heavy atom. The number of nitrogens with zero attached hydrogens (tertiary/aromatic N) is 5. The third-order valence-electron chi connectivity index (χ3n) is 4.87. The summed E-state index contributed by atoms with van der Waals surface area (Å²) in [5.41, 5.74) is 0.368. The molecule has 0 bridgehead atoms. The molecule has 0 aliphatic carbocycles. The van der Waals surface area contributed by atoms with Gasteiger partial charge in [-0.15, -0.1) is 0 Å². The van der Waals surface area contributed by atoms with Crippen molar-refractivity contribution in [1.82, 2.24) is 24.6 Å². The normalized spacial score (nSPS) is 13.6. The highest BCUT2D eigenvalue weighted by atomic mass is 19.1. The number of aromatic nitrogens is 4. The fourth-order valence-electron chi connectivity index (χ4n) is 3.28. The van der Waals surface area contributed by atoms with Crippen LogP contribution in [0.3, 0.4) is 0 Å². The molecule has 3 heterocycles. The predicted octanol–water partition coefficient (Wildman–Crippen LogP) is 3.07. The summed E-state index contributed by atoms with van der Waals surface area (Å²) >= 11 is 0. The van der Waals surface area contributed by atoms with Gasteiger partial charge in [-0.1, -0.05) is 0 Å². The number of hydrogen-bond acceptors (Lipinski definition) is 6. The van der Waals surface area contributed by atoms with Crippen molar-refractivity contribution in [2.24, 2.45) is 0 Å². The maximum Gasteiger partial charge on any atom is 0.229 e. The Morgan fingerprint density at radius 2 is 1.94 bits per heavy atom. The van der Waals surface area contributed by atoms with Crippen molar-refractivity contribution in [3.8, 4) is 0 Å². The number of carbonyl (C=O) groups is 1. The van der Waals surface area contributed by atoms with Crippen LogP contribution in [-0.2, 0) is 17.9 Å². The Hall–Kier alpha value is -3.63. The molecule has 0 spiro atoms. The van der Waals surface area contributed by atoms with Crippen LogP contribution in [0.25, 0.3) is 0 Å². The molecule has 0 saturated carbocycles. The lowest BCUT2D eigenvalue weighted by molar-refractivity contribution is -0.127. The minimum absolute atomic E-state index is 0.170. The number of carbonyl (C=O) groups excluding carboxylic acids is 1. The summed E-state index contributed by atoms with van der Waals surface area (Å²) in [7, 11) is 0. The van der Waals surface area contributed by atoms with Crippen LogP contribution in [0.5, 0.6) is 0 Å². The summed E-state index contributed by atoms with van der Waals surface area (Å²) in [5, 5.41) is 10.1. The lowest BCUT2D eigenvalue weighted by Gasteiger charge is -2.14. The van der Waals surface area contributed by atoms with E-state index in [0.29, 0.717) is 43.1 Å². The fourth-order valence-corrected chi connectivity index (χ4v) is 3.28. The molecule has 162 valence electrons. The molecular weight excluding hydrogens is 411 g/mol. The molecule has 1 amide bonds. The van der Waals surface area contributed by atoms with E-state index in [4.69, 9.17) is 0 Å². The molecule has 1 saturated heterocycles. The number of nitrogens with one attached hydrogen (secondary N) is 2. The van der Waals surface area contributed by atoms with E-state index in [1.807, 2.05) is 4.90 Å². The van der Waals surface area contributed by atoms with Crippen LogP contribution in [-0.4, -0.2) is 43.6 Å². The first-order valence-electron chi connectivity index (χ1n) is 9.75. The number of benzene rings is 1. The van der Waals surface area contributed by atoms with Gasteiger partial charge >= 0.3 is 0 Å². The van der Waals surface area contributed by atoms with Crippen LogP contribution in [0.2, 0.25) is 0 Å². The number of hydrogen-bond donors (Lipinski definition) is 2. The van der Waals surface area contributed by atoms with Crippen molar-refractivity contribution in [3.05, 3.63) is 59.8 Å². The van der Waals surface area contributed by atoms with Gasteiger partial charge < -0.3 is 15.5 Å². The van der Waals surface area contributed by atoms with Crippen LogP contribution < -0.4 is 10.6 Å². The highest BCUT2D eigenvalue weighted by Gasteiger charge is 2.19. The van der Waals surface area contributed by atoms with Gasteiger partial charge in [-0.3, -0.25) is 9.48 Å². The lowest BCUT2D eigenvalue weighted by atomic mass is 10.2. The Labute approximate surface area is 176 Å². The maximum absolute atomic E-state index is 13.8. The first kappa shape index (κ1) is 20.6. The van der Waals surface area contributed by atoms with Crippen molar-refractivity contribution in [1.29, 1.82) is 0 Å². The second kappa shape index (κ2) is 9.02. The van der Waals surface area contributed by atoms with Crippen LogP contribution in [0.4, 0.5) is 30.6 Å². The Bertz CT molecular complexity index is 1070. The number of amides is 1. The van der Waals surface area contributed by atoms with Crippen LogP contribution >= 0.6 is 0 Å². The van der Waals surface area contributed by atoms with Crippen LogP contribution in [0.15, 0.2) is 36.8 Å². The Morgan fingerprint density at radius 3 is 2.68 bits per heavy atom. The van der Waals surface area contributed by atoms with E-state index in [0.717, 1.165) is 13.0 Å². The fraction of sp³-hybridized carbons (Fsp3) is 0.300. The molecule has 8 nitrogen and oxygen atoms in total. The smallest absolute Gasteiger partial charge is 0.229 e. The van der Waals surface area contributed by atoms with Gasteiger partial charge in [0.2, 0.25) is 11.9 Å². The number of halogens is 3. The zero-order valence-corrected chi connectivity index (χ0v) is 16.5. The van der Waals surface area contributed by atoms with E-state index in [2.05, 4.69) is 25.7 Å². The first-order chi connectivity index (χ1) is 15.0. The minimum atomic E-state index is -0.972. The number of anilines is 3. The molecule has 0 unspecified atom stereocenters. The molecule has 1 aliphatic rings. The van der Waals surface area contributed by atoms with Crippen LogP contribution in [0.1, 0.15) is 18.4 Å². The monoisotopic (exact) mass is 431 g/mol. The van der Waals surface area contributed by atoms with Gasteiger partial charge in [0.25, 0.3) is 0 Å². The van der Waals surface area contributed by atoms with Crippen molar-refractivity contribution in [3.63, 3.8) is 0 Å². The molecule has 2 aromatic heterocycles. The average molecular weight is 431 g/mol. The zero-order chi connectivity index (χ0) is 21.8. The second-order valence-electron chi connectivity index (χ2n) is 7.07. The van der Waals surface area contributed by atoms with Crippen molar-refractivity contribution in [2.45, 2.75) is 25.9 Å². The molecule has 4 rings (SSSR count). The first-order valence-corrected chi connectivity index (χ1v) is 9.75. The highest BCUT2D eigenvalue weighted by molar-refractivity contribution is 5.78. The molecule has 1 aliphatic heterocycles. The summed E-state index contributed by atoms with van der Waals surface area (Å²) in [6, 6.07) is 2.80. The van der Waals surface area contributed by atoms with E-state index < -0.39 is 17.5 Å². The molecule has 1 aromatic carbocycles.